The highest BCUT2D eigenvalue weighted by atomic mass is 32.2. The molecule has 0 fully saturated rings. The van der Waals surface area contributed by atoms with E-state index in [1.807, 2.05) is 11.4 Å². The second-order valence-corrected chi connectivity index (χ2v) is 9.72. The van der Waals surface area contributed by atoms with Crippen LogP contribution in [0.3, 0.4) is 0 Å². The SMILES string of the molecule is CC(CCCCc1ccc(-c2cccs2)cc1)(C(=O)NO)S(C)(=O)=O. The molecule has 1 aromatic heterocycles. The molecule has 5 nitrogen and oxygen atoms in total. The van der Waals surface area contributed by atoms with Crippen LogP contribution in [0.15, 0.2) is 41.8 Å². The first-order chi connectivity index (χ1) is 11.8. The standard InChI is InChI=1S/C18H23NO4S2/c1-18(17(20)19-21,25(2,22)23)12-4-3-6-14-8-10-15(11-9-14)16-7-5-13-24-16/h5,7-11,13,21H,3-4,6,12H2,1-2H3,(H,19,20). The number of rotatable bonds is 8. The minimum atomic E-state index is -3.62. The molecule has 1 heterocycles. The van der Waals surface area contributed by atoms with Crippen molar-refractivity contribution in [3.8, 4) is 10.4 Å². The third-order valence-electron chi connectivity index (χ3n) is 4.53. The van der Waals surface area contributed by atoms with Crippen LogP contribution in [0.2, 0.25) is 0 Å². The fraction of sp³-hybridized carbons (Fsp3) is 0.389. The first kappa shape index (κ1) is 19.6. The van der Waals surface area contributed by atoms with Crippen LogP contribution >= 0.6 is 11.3 Å². The number of unbranched alkanes of at least 4 members (excludes halogenated alkanes) is 1. The highest BCUT2D eigenvalue weighted by Gasteiger charge is 2.42. The van der Waals surface area contributed by atoms with Crippen molar-refractivity contribution in [3.05, 3.63) is 47.3 Å². The van der Waals surface area contributed by atoms with Crippen LogP contribution in [0.5, 0.6) is 0 Å². The first-order valence-electron chi connectivity index (χ1n) is 8.05. The molecule has 2 rings (SSSR count). The molecule has 1 atom stereocenters. The Bertz CT molecular complexity index is 798. The van der Waals surface area contributed by atoms with Crippen molar-refractivity contribution in [2.45, 2.75) is 37.4 Å². The molecule has 2 N–H and O–H groups in total. The van der Waals surface area contributed by atoms with E-state index in [0.29, 0.717) is 6.42 Å². The molecule has 0 saturated carbocycles. The van der Waals surface area contributed by atoms with E-state index in [2.05, 4.69) is 30.3 Å². The summed E-state index contributed by atoms with van der Waals surface area (Å²) in [7, 11) is -3.62. The summed E-state index contributed by atoms with van der Waals surface area (Å²) in [6.07, 6.45) is 3.34. The molecule has 1 amide bonds. The number of thiophene rings is 1. The van der Waals surface area contributed by atoms with E-state index in [9.17, 15) is 13.2 Å². The monoisotopic (exact) mass is 381 g/mol. The van der Waals surface area contributed by atoms with Crippen molar-refractivity contribution in [1.29, 1.82) is 0 Å². The van der Waals surface area contributed by atoms with Gasteiger partial charge in [0.2, 0.25) is 0 Å². The average molecular weight is 382 g/mol. The number of sulfone groups is 1. The Morgan fingerprint density at radius 2 is 1.88 bits per heavy atom. The van der Waals surface area contributed by atoms with Gasteiger partial charge >= 0.3 is 0 Å². The number of hydrogen-bond donors (Lipinski definition) is 2. The Morgan fingerprint density at radius 1 is 1.20 bits per heavy atom. The maximum absolute atomic E-state index is 11.9. The Morgan fingerprint density at radius 3 is 2.40 bits per heavy atom. The van der Waals surface area contributed by atoms with Gasteiger partial charge in [0, 0.05) is 11.1 Å². The van der Waals surface area contributed by atoms with Crippen LogP contribution in [-0.4, -0.2) is 30.5 Å². The molecule has 0 aliphatic heterocycles. The molecule has 1 aromatic carbocycles. The minimum absolute atomic E-state index is 0.172. The van der Waals surface area contributed by atoms with Crippen molar-refractivity contribution in [1.82, 2.24) is 5.48 Å². The Balaban J connectivity index is 1.91. The van der Waals surface area contributed by atoms with E-state index in [0.717, 1.165) is 19.1 Å². The summed E-state index contributed by atoms with van der Waals surface area (Å²) in [5.74, 6) is -0.879. The molecule has 0 spiro atoms. The molecule has 0 aliphatic rings. The summed E-state index contributed by atoms with van der Waals surface area (Å²) in [6.45, 7) is 1.35. The van der Waals surface area contributed by atoms with E-state index >= 15 is 0 Å². The van der Waals surface area contributed by atoms with Crippen molar-refractivity contribution in [2.75, 3.05) is 6.26 Å². The van der Waals surface area contributed by atoms with E-state index in [1.54, 1.807) is 11.3 Å². The second-order valence-electron chi connectivity index (χ2n) is 6.33. The minimum Gasteiger partial charge on any atom is -0.289 e. The number of hydroxylamine groups is 1. The highest BCUT2D eigenvalue weighted by Crippen LogP contribution is 2.26. The molecule has 2 aromatic rings. The summed E-state index contributed by atoms with van der Waals surface area (Å²) in [5.41, 5.74) is 3.83. The zero-order chi connectivity index (χ0) is 18.5. The molecular formula is C18H23NO4S2. The van der Waals surface area contributed by atoms with E-state index < -0.39 is 20.5 Å². The van der Waals surface area contributed by atoms with Crippen LogP contribution in [0, 0.1) is 0 Å². The second kappa shape index (κ2) is 8.12. The maximum Gasteiger partial charge on any atom is 0.264 e. The maximum atomic E-state index is 11.9. The molecule has 0 bridgehead atoms. The van der Waals surface area contributed by atoms with Gasteiger partial charge in [-0.05, 0) is 48.8 Å². The molecule has 0 radical (unpaired) electrons. The first-order valence-corrected chi connectivity index (χ1v) is 10.8. The zero-order valence-electron chi connectivity index (χ0n) is 14.4. The molecule has 0 aliphatic carbocycles. The van der Waals surface area contributed by atoms with Crippen molar-refractivity contribution in [2.24, 2.45) is 0 Å². The molecular weight excluding hydrogens is 358 g/mol. The van der Waals surface area contributed by atoms with Gasteiger partial charge in [0.15, 0.2) is 9.84 Å². The van der Waals surface area contributed by atoms with Crippen LogP contribution in [0.1, 0.15) is 31.7 Å². The lowest BCUT2D eigenvalue weighted by Crippen LogP contribution is -2.49. The molecule has 7 heteroatoms. The third kappa shape index (κ3) is 4.68. The van der Waals surface area contributed by atoms with Gasteiger partial charge in [-0.25, -0.2) is 13.9 Å². The number of nitrogens with one attached hydrogen (secondary N) is 1. The van der Waals surface area contributed by atoms with Crippen LogP contribution in [-0.2, 0) is 21.1 Å². The molecule has 0 saturated heterocycles. The lowest BCUT2D eigenvalue weighted by atomic mass is 9.99. The Hall–Kier alpha value is -1.70. The van der Waals surface area contributed by atoms with E-state index in [4.69, 9.17) is 5.21 Å². The molecule has 1 unspecified atom stereocenters. The summed E-state index contributed by atoms with van der Waals surface area (Å²) < 4.78 is 22.2. The number of hydrogen-bond acceptors (Lipinski definition) is 5. The van der Waals surface area contributed by atoms with E-state index in [-0.39, 0.29) is 6.42 Å². The van der Waals surface area contributed by atoms with Crippen molar-refractivity contribution < 1.29 is 18.4 Å². The summed E-state index contributed by atoms with van der Waals surface area (Å²) in [6, 6.07) is 12.4. The highest BCUT2D eigenvalue weighted by molar-refractivity contribution is 7.92. The van der Waals surface area contributed by atoms with Gasteiger partial charge in [0.25, 0.3) is 5.91 Å². The normalized spacial score (nSPS) is 14.0. The van der Waals surface area contributed by atoms with Gasteiger partial charge in [-0.15, -0.1) is 11.3 Å². The van der Waals surface area contributed by atoms with Crippen molar-refractivity contribution in [3.63, 3.8) is 0 Å². The predicted molar refractivity (Wildman–Crippen MR) is 100 cm³/mol. The van der Waals surface area contributed by atoms with Gasteiger partial charge in [-0.2, -0.15) is 0 Å². The number of carbonyl (C=O) groups excluding carboxylic acids is 1. The zero-order valence-corrected chi connectivity index (χ0v) is 16.0. The van der Waals surface area contributed by atoms with Crippen LogP contribution < -0.4 is 5.48 Å². The van der Waals surface area contributed by atoms with Crippen LogP contribution in [0.4, 0.5) is 0 Å². The quantitative estimate of drug-likeness (QED) is 0.417. The molecule has 25 heavy (non-hydrogen) atoms. The lowest BCUT2D eigenvalue weighted by molar-refractivity contribution is -0.131. The van der Waals surface area contributed by atoms with Crippen molar-refractivity contribution >= 4 is 27.1 Å². The van der Waals surface area contributed by atoms with Gasteiger partial charge in [0.05, 0.1) is 0 Å². The fourth-order valence-electron chi connectivity index (χ4n) is 2.66. The average Bonchev–Trinajstić information content (AvgIpc) is 3.11. The predicted octanol–water partition coefficient (Wildman–Crippen LogP) is 3.44. The summed E-state index contributed by atoms with van der Waals surface area (Å²) in [4.78, 5) is 13.0. The summed E-state index contributed by atoms with van der Waals surface area (Å²) in [5, 5.41) is 10.9. The van der Waals surface area contributed by atoms with Crippen LogP contribution in [0.25, 0.3) is 10.4 Å². The molecule has 136 valence electrons. The van der Waals surface area contributed by atoms with Gasteiger partial charge < -0.3 is 0 Å². The largest absolute Gasteiger partial charge is 0.289 e. The topological polar surface area (TPSA) is 83.5 Å². The van der Waals surface area contributed by atoms with Gasteiger partial charge in [0.1, 0.15) is 4.75 Å². The number of aryl methyl sites for hydroxylation is 1. The lowest BCUT2D eigenvalue weighted by Gasteiger charge is -2.24. The van der Waals surface area contributed by atoms with Gasteiger partial charge in [-0.3, -0.25) is 10.0 Å². The Labute approximate surface area is 152 Å². The number of carbonyl (C=O) groups is 1. The van der Waals surface area contributed by atoms with E-state index in [1.165, 1.54) is 28.4 Å². The Kier molecular flexibility index (Phi) is 6.37. The summed E-state index contributed by atoms with van der Waals surface area (Å²) >= 11 is 1.70. The smallest absolute Gasteiger partial charge is 0.264 e. The fourth-order valence-corrected chi connectivity index (χ4v) is 4.29. The third-order valence-corrected chi connectivity index (χ3v) is 7.47. The number of amides is 1. The van der Waals surface area contributed by atoms with Gasteiger partial charge in [-0.1, -0.05) is 36.8 Å². The number of benzene rings is 1.